The van der Waals surface area contributed by atoms with Crippen molar-refractivity contribution < 1.29 is 0 Å². The smallest absolute Gasteiger partial charge is 0.191 e. The standard InChI is InChI=1S/C18H25ClN4S/c1-5-15-10-21-16(24-15)11-22-17(20-4)23-12-18(2,3)13-7-6-8-14(19)9-13/h6-10H,5,11-12H2,1-4H3,(H2,20,22,23). The third-order valence-electron chi connectivity index (χ3n) is 3.88. The molecular weight excluding hydrogens is 340 g/mol. The fourth-order valence-corrected chi connectivity index (χ4v) is 3.28. The molecule has 1 aromatic heterocycles. The minimum absolute atomic E-state index is 0.0565. The number of nitrogens with one attached hydrogen (secondary N) is 2. The van der Waals surface area contributed by atoms with E-state index in [1.54, 1.807) is 18.4 Å². The van der Waals surface area contributed by atoms with E-state index in [-0.39, 0.29) is 5.41 Å². The number of guanidine groups is 1. The van der Waals surface area contributed by atoms with Gasteiger partial charge in [-0.2, -0.15) is 0 Å². The van der Waals surface area contributed by atoms with Crippen molar-refractivity contribution in [3.8, 4) is 0 Å². The molecule has 0 saturated carbocycles. The van der Waals surface area contributed by atoms with Gasteiger partial charge in [-0.1, -0.05) is 44.5 Å². The van der Waals surface area contributed by atoms with Crippen molar-refractivity contribution in [3.05, 3.63) is 50.9 Å². The number of hydrogen-bond donors (Lipinski definition) is 2. The van der Waals surface area contributed by atoms with Crippen LogP contribution >= 0.6 is 22.9 Å². The molecule has 2 aromatic rings. The van der Waals surface area contributed by atoms with Crippen molar-refractivity contribution in [3.63, 3.8) is 0 Å². The second kappa shape index (κ2) is 8.49. The molecule has 0 radical (unpaired) electrons. The van der Waals surface area contributed by atoms with Crippen LogP contribution in [0.4, 0.5) is 0 Å². The lowest BCUT2D eigenvalue weighted by Crippen LogP contribution is -2.43. The van der Waals surface area contributed by atoms with Gasteiger partial charge in [0.15, 0.2) is 5.96 Å². The maximum Gasteiger partial charge on any atom is 0.191 e. The number of aromatic nitrogens is 1. The topological polar surface area (TPSA) is 49.3 Å². The first-order valence-electron chi connectivity index (χ1n) is 8.08. The SMILES string of the molecule is CCc1cnc(CNC(=NC)NCC(C)(C)c2cccc(Cl)c2)s1. The lowest BCUT2D eigenvalue weighted by atomic mass is 9.84. The van der Waals surface area contributed by atoms with Crippen LogP contribution in [0.2, 0.25) is 5.02 Å². The van der Waals surface area contributed by atoms with E-state index in [1.807, 2.05) is 24.4 Å². The zero-order chi connectivity index (χ0) is 17.6. The van der Waals surface area contributed by atoms with Gasteiger partial charge >= 0.3 is 0 Å². The summed E-state index contributed by atoms with van der Waals surface area (Å²) in [5.74, 6) is 0.776. The quantitative estimate of drug-likeness (QED) is 0.601. The van der Waals surface area contributed by atoms with Crippen molar-refractivity contribution in [2.24, 2.45) is 4.99 Å². The summed E-state index contributed by atoms with van der Waals surface area (Å²) >= 11 is 7.85. The zero-order valence-electron chi connectivity index (χ0n) is 14.7. The van der Waals surface area contributed by atoms with Crippen LogP contribution < -0.4 is 10.6 Å². The predicted octanol–water partition coefficient (Wildman–Crippen LogP) is 4.00. The molecule has 0 unspecified atom stereocenters. The van der Waals surface area contributed by atoms with Crippen LogP contribution in [0.3, 0.4) is 0 Å². The molecule has 0 spiro atoms. The van der Waals surface area contributed by atoms with Crippen LogP contribution in [0.5, 0.6) is 0 Å². The molecule has 1 heterocycles. The molecule has 6 heteroatoms. The van der Waals surface area contributed by atoms with E-state index in [1.165, 1.54) is 10.4 Å². The fourth-order valence-electron chi connectivity index (χ4n) is 2.29. The largest absolute Gasteiger partial charge is 0.356 e. The van der Waals surface area contributed by atoms with Gasteiger partial charge in [-0.15, -0.1) is 11.3 Å². The number of aliphatic imine (C=N–C) groups is 1. The Bertz CT molecular complexity index is 694. The van der Waals surface area contributed by atoms with E-state index >= 15 is 0 Å². The highest BCUT2D eigenvalue weighted by atomic mass is 35.5. The molecule has 0 aliphatic rings. The third-order valence-corrected chi connectivity index (χ3v) is 5.26. The number of halogens is 1. The minimum Gasteiger partial charge on any atom is -0.356 e. The lowest BCUT2D eigenvalue weighted by Gasteiger charge is -2.27. The van der Waals surface area contributed by atoms with Crippen molar-refractivity contribution in [2.75, 3.05) is 13.6 Å². The minimum atomic E-state index is -0.0565. The highest BCUT2D eigenvalue weighted by molar-refractivity contribution is 7.11. The van der Waals surface area contributed by atoms with Gasteiger partial charge in [0.1, 0.15) is 5.01 Å². The Morgan fingerprint density at radius 2 is 2.12 bits per heavy atom. The van der Waals surface area contributed by atoms with E-state index in [0.29, 0.717) is 6.54 Å². The zero-order valence-corrected chi connectivity index (χ0v) is 16.3. The van der Waals surface area contributed by atoms with Gasteiger partial charge < -0.3 is 10.6 Å². The maximum absolute atomic E-state index is 6.11. The Morgan fingerprint density at radius 3 is 2.75 bits per heavy atom. The van der Waals surface area contributed by atoms with E-state index in [4.69, 9.17) is 11.6 Å². The van der Waals surface area contributed by atoms with Gasteiger partial charge in [0.05, 0.1) is 6.54 Å². The first kappa shape index (κ1) is 18.7. The molecule has 1 aromatic carbocycles. The first-order valence-corrected chi connectivity index (χ1v) is 9.28. The van der Waals surface area contributed by atoms with Gasteiger partial charge in [0.2, 0.25) is 0 Å². The molecule has 24 heavy (non-hydrogen) atoms. The Hall–Kier alpha value is -1.59. The molecule has 4 nitrogen and oxygen atoms in total. The summed E-state index contributed by atoms with van der Waals surface area (Å²) in [5.41, 5.74) is 1.14. The van der Waals surface area contributed by atoms with Crippen LogP contribution in [0, 0.1) is 0 Å². The highest BCUT2D eigenvalue weighted by Crippen LogP contribution is 2.24. The summed E-state index contributed by atoms with van der Waals surface area (Å²) in [6.45, 7) is 7.96. The average Bonchev–Trinajstić information content (AvgIpc) is 3.03. The number of rotatable bonds is 6. The van der Waals surface area contributed by atoms with Crippen LogP contribution in [0.15, 0.2) is 35.5 Å². The monoisotopic (exact) mass is 364 g/mol. The number of nitrogens with zero attached hydrogens (tertiary/aromatic N) is 2. The van der Waals surface area contributed by atoms with Crippen molar-refractivity contribution in [2.45, 2.75) is 39.2 Å². The Labute approximate surface area is 153 Å². The molecule has 0 bridgehead atoms. The van der Waals surface area contributed by atoms with E-state index in [9.17, 15) is 0 Å². The second-order valence-electron chi connectivity index (χ2n) is 6.25. The molecule has 130 valence electrons. The molecule has 0 fully saturated rings. The van der Waals surface area contributed by atoms with E-state index < -0.39 is 0 Å². The van der Waals surface area contributed by atoms with Gasteiger partial charge in [-0.05, 0) is 24.1 Å². The highest BCUT2D eigenvalue weighted by Gasteiger charge is 2.21. The van der Waals surface area contributed by atoms with E-state index in [2.05, 4.69) is 47.4 Å². The molecule has 0 saturated heterocycles. The van der Waals surface area contributed by atoms with Gasteiger partial charge in [0, 0.05) is 35.1 Å². The molecule has 0 aliphatic carbocycles. The average molecular weight is 365 g/mol. The first-order chi connectivity index (χ1) is 11.4. The Balaban J connectivity index is 1.90. The summed E-state index contributed by atoms with van der Waals surface area (Å²) in [7, 11) is 1.78. The summed E-state index contributed by atoms with van der Waals surface area (Å²) in [5, 5.41) is 8.55. The van der Waals surface area contributed by atoms with Gasteiger partial charge in [0.25, 0.3) is 0 Å². The molecule has 0 atom stereocenters. The Morgan fingerprint density at radius 1 is 1.33 bits per heavy atom. The van der Waals surface area contributed by atoms with Crippen LogP contribution in [-0.2, 0) is 18.4 Å². The van der Waals surface area contributed by atoms with Crippen molar-refractivity contribution >= 4 is 28.9 Å². The third kappa shape index (κ3) is 5.21. The Kier molecular flexibility index (Phi) is 6.63. The maximum atomic E-state index is 6.11. The molecule has 2 rings (SSSR count). The summed E-state index contributed by atoms with van der Waals surface area (Å²) in [6, 6.07) is 8.00. The summed E-state index contributed by atoms with van der Waals surface area (Å²) in [6.07, 6.45) is 2.97. The second-order valence-corrected chi connectivity index (χ2v) is 7.88. The fraction of sp³-hybridized carbons (Fsp3) is 0.444. The number of aryl methyl sites for hydroxylation is 1. The normalized spacial score (nSPS) is 12.3. The van der Waals surface area contributed by atoms with Crippen LogP contribution in [-0.4, -0.2) is 24.5 Å². The lowest BCUT2D eigenvalue weighted by molar-refractivity contribution is 0.508. The van der Waals surface area contributed by atoms with Crippen molar-refractivity contribution in [1.29, 1.82) is 0 Å². The van der Waals surface area contributed by atoms with Crippen LogP contribution in [0.1, 0.15) is 36.2 Å². The van der Waals surface area contributed by atoms with Gasteiger partial charge in [-0.25, -0.2) is 4.98 Å². The molecule has 0 amide bonds. The number of benzene rings is 1. The van der Waals surface area contributed by atoms with Crippen LogP contribution in [0.25, 0.3) is 0 Å². The van der Waals surface area contributed by atoms with Gasteiger partial charge in [-0.3, -0.25) is 4.99 Å². The molecular formula is C18H25ClN4S. The summed E-state index contributed by atoms with van der Waals surface area (Å²) in [4.78, 5) is 10.0. The molecule has 0 aliphatic heterocycles. The predicted molar refractivity (Wildman–Crippen MR) is 104 cm³/mol. The molecule has 2 N–H and O–H groups in total. The number of thiazole rings is 1. The number of hydrogen-bond acceptors (Lipinski definition) is 3. The summed E-state index contributed by atoms with van der Waals surface area (Å²) < 4.78 is 0. The van der Waals surface area contributed by atoms with Crippen molar-refractivity contribution in [1.82, 2.24) is 15.6 Å². The van der Waals surface area contributed by atoms with E-state index in [0.717, 1.165) is 29.0 Å².